The van der Waals surface area contributed by atoms with Crippen LogP contribution in [0.3, 0.4) is 0 Å². The summed E-state index contributed by atoms with van der Waals surface area (Å²) in [5, 5.41) is 5.77. The molecular formula is C27H25N3O6S. The maximum Gasteiger partial charge on any atom is 0.329 e. The van der Waals surface area contributed by atoms with Gasteiger partial charge in [-0.15, -0.1) is 0 Å². The zero-order valence-corrected chi connectivity index (χ0v) is 21.0. The lowest BCUT2D eigenvalue weighted by Crippen LogP contribution is -2.49. The van der Waals surface area contributed by atoms with E-state index < -0.39 is 27.9 Å². The molecule has 2 N–H and O–H groups in total. The minimum atomic E-state index is -3.91. The SMILES string of the molecule is COC(=O)C1Cc2ccccc2N1C(=O)C1Cc2c(cccc2S(=O)(=O)c2ccc(NC(C)=O)cc2)N1. The lowest BCUT2D eigenvalue weighted by atomic mass is 10.1. The van der Waals surface area contributed by atoms with Crippen LogP contribution in [0.2, 0.25) is 0 Å². The Bertz CT molecular complexity index is 1520. The largest absolute Gasteiger partial charge is 0.467 e. The van der Waals surface area contributed by atoms with Crippen LogP contribution in [0, 0.1) is 0 Å². The Hall–Kier alpha value is -4.18. The third-order valence-electron chi connectivity index (χ3n) is 6.63. The topological polar surface area (TPSA) is 122 Å². The third kappa shape index (κ3) is 4.33. The predicted molar refractivity (Wildman–Crippen MR) is 137 cm³/mol. The van der Waals surface area contributed by atoms with Gasteiger partial charge in [-0.3, -0.25) is 14.5 Å². The number of nitrogens with one attached hydrogen (secondary N) is 2. The number of rotatable bonds is 5. The maximum absolute atomic E-state index is 13.7. The van der Waals surface area contributed by atoms with Crippen LogP contribution >= 0.6 is 0 Å². The minimum absolute atomic E-state index is 0.0732. The van der Waals surface area contributed by atoms with Gasteiger partial charge in [0, 0.05) is 36.8 Å². The van der Waals surface area contributed by atoms with Crippen LogP contribution in [0.15, 0.2) is 76.5 Å². The van der Waals surface area contributed by atoms with E-state index in [1.54, 1.807) is 24.3 Å². The molecule has 0 saturated carbocycles. The van der Waals surface area contributed by atoms with Crippen molar-refractivity contribution in [1.29, 1.82) is 0 Å². The molecule has 0 radical (unpaired) electrons. The monoisotopic (exact) mass is 519 g/mol. The molecule has 2 amide bonds. The summed E-state index contributed by atoms with van der Waals surface area (Å²) in [4.78, 5) is 39.2. The molecule has 0 aliphatic carbocycles. The number of carbonyl (C=O) groups excluding carboxylic acids is 3. The normalized spacial score (nSPS) is 17.9. The first-order valence-corrected chi connectivity index (χ1v) is 13.2. The minimum Gasteiger partial charge on any atom is -0.467 e. The summed E-state index contributed by atoms with van der Waals surface area (Å²) >= 11 is 0. The van der Waals surface area contributed by atoms with Crippen molar-refractivity contribution in [2.24, 2.45) is 0 Å². The molecule has 0 spiro atoms. The van der Waals surface area contributed by atoms with E-state index in [0.717, 1.165) is 5.56 Å². The summed E-state index contributed by atoms with van der Waals surface area (Å²) < 4.78 is 32.0. The average molecular weight is 520 g/mol. The molecule has 37 heavy (non-hydrogen) atoms. The fourth-order valence-corrected chi connectivity index (χ4v) is 6.48. The highest BCUT2D eigenvalue weighted by Gasteiger charge is 2.43. The molecule has 0 aromatic heterocycles. The van der Waals surface area contributed by atoms with Crippen LogP contribution < -0.4 is 15.5 Å². The van der Waals surface area contributed by atoms with Gasteiger partial charge in [0.2, 0.25) is 15.7 Å². The van der Waals surface area contributed by atoms with E-state index in [1.807, 2.05) is 12.1 Å². The van der Waals surface area contributed by atoms with Gasteiger partial charge in [-0.05, 0) is 53.6 Å². The van der Waals surface area contributed by atoms with E-state index in [1.165, 1.54) is 49.3 Å². The zero-order chi connectivity index (χ0) is 26.3. The third-order valence-corrected chi connectivity index (χ3v) is 8.48. The second kappa shape index (κ2) is 9.36. The smallest absolute Gasteiger partial charge is 0.329 e. The van der Waals surface area contributed by atoms with E-state index in [-0.39, 0.29) is 28.0 Å². The van der Waals surface area contributed by atoms with Crippen LogP contribution in [0.1, 0.15) is 18.1 Å². The van der Waals surface area contributed by atoms with Gasteiger partial charge in [0.25, 0.3) is 5.91 Å². The molecule has 10 heteroatoms. The molecule has 2 heterocycles. The summed E-state index contributed by atoms with van der Waals surface area (Å²) in [6.45, 7) is 1.37. The number of hydrogen-bond donors (Lipinski definition) is 2. The Balaban J connectivity index is 1.45. The van der Waals surface area contributed by atoms with Crippen LogP contribution in [0.5, 0.6) is 0 Å². The van der Waals surface area contributed by atoms with Crippen LogP contribution in [0.25, 0.3) is 0 Å². The molecule has 0 bridgehead atoms. The first-order valence-electron chi connectivity index (χ1n) is 11.7. The first-order chi connectivity index (χ1) is 17.7. The van der Waals surface area contributed by atoms with Gasteiger partial charge in [0.15, 0.2) is 0 Å². The number of para-hydroxylation sites is 1. The number of carbonyl (C=O) groups is 3. The van der Waals surface area contributed by atoms with Crippen molar-refractivity contribution < 1.29 is 27.5 Å². The molecule has 5 rings (SSSR count). The number of amides is 2. The van der Waals surface area contributed by atoms with E-state index in [4.69, 9.17) is 4.74 Å². The summed E-state index contributed by atoms with van der Waals surface area (Å²) in [5.74, 6) is -1.10. The van der Waals surface area contributed by atoms with Crippen LogP contribution in [-0.2, 0) is 41.8 Å². The van der Waals surface area contributed by atoms with Gasteiger partial charge in [0.05, 0.1) is 16.9 Å². The lowest BCUT2D eigenvalue weighted by Gasteiger charge is -2.26. The molecule has 2 unspecified atom stereocenters. The van der Waals surface area contributed by atoms with Crippen molar-refractivity contribution in [1.82, 2.24) is 0 Å². The second-order valence-corrected chi connectivity index (χ2v) is 10.9. The lowest BCUT2D eigenvalue weighted by molar-refractivity contribution is -0.143. The Labute approximate surface area is 214 Å². The maximum atomic E-state index is 13.7. The van der Waals surface area contributed by atoms with E-state index in [9.17, 15) is 22.8 Å². The van der Waals surface area contributed by atoms with Gasteiger partial charge in [-0.1, -0.05) is 24.3 Å². The fraction of sp³-hybridized carbons (Fsp3) is 0.222. The van der Waals surface area contributed by atoms with Gasteiger partial charge in [-0.2, -0.15) is 0 Å². The average Bonchev–Trinajstić information content (AvgIpc) is 3.49. The summed E-state index contributed by atoms with van der Waals surface area (Å²) in [6.07, 6.45) is 0.489. The van der Waals surface area contributed by atoms with Crippen molar-refractivity contribution in [3.63, 3.8) is 0 Å². The highest BCUT2D eigenvalue weighted by molar-refractivity contribution is 7.91. The molecule has 3 aromatic carbocycles. The quantitative estimate of drug-likeness (QED) is 0.497. The zero-order valence-electron chi connectivity index (χ0n) is 20.2. The molecule has 2 aliphatic heterocycles. The molecular weight excluding hydrogens is 494 g/mol. The van der Waals surface area contributed by atoms with E-state index >= 15 is 0 Å². The van der Waals surface area contributed by atoms with E-state index in [0.29, 0.717) is 29.0 Å². The Morgan fingerprint density at radius 1 is 0.973 bits per heavy atom. The summed E-state index contributed by atoms with van der Waals surface area (Å²) in [7, 11) is -2.62. The number of hydrogen-bond acceptors (Lipinski definition) is 7. The molecule has 0 fully saturated rings. The predicted octanol–water partition coefficient (Wildman–Crippen LogP) is 2.95. The number of methoxy groups -OCH3 is 1. The molecule has 0 saturated heterocycles. The van der Waals surface area contributed by atoms with E-state index in [2.05, 4.69) is 10.6 Å². The summed E-state index contributed by atoms with van der Waals surface area (Å²) in [6, 6.07) is 16.6. The van der Waals surface area contributed by atoms with Crippen molar-refractivity contribution in [2.75, 3.05) is 22.6 Å². The highest BCUT2D eigenvalue weighted by atomic mass is 32.2. The number of esters is 1. The first kappa shape index (κ1) is 24.5. The number of ether oxygens (including phenoxy) is 1. The molecule has 190 valence electrons. The molecule has 9 nitrogen and oxygen atoms in total. The number of nitrogens with zero attached hydrogens (tertiary/aromatic N) is 1. The Morgan fingerprint density at radius 3 is 2.41 bits per heavy atom. The van der Waals surface area contributed by atoms with Crippen molar-refractivity contribution >= 4 is 44.7 Å². The Morgan fingerprint density at radius 2 is 1.70 bits per heavy atom. The number of anilines is 3. The van der Waals surface area contributed by atoms with Crippen molar-refractivity contribution in [2.45, 2.75) is 41.6 Å². The van der Waals surface area contributed by atoms with Crippen LogP contribution in [-0.4, -0.2) is 45.4 Å². The van der Waals surface area contributed by atoms with Gasteiger partial charge in [0.1, 0.15) is 12.1 Å². The van der Waals surface area contributed by atoms with Gasteiger partial charge >= 0.3 is 5.97 Å². The van der Waals surface area contributed by atoms with Crippen LogP contribution in [0.4, 0.5) is 17.1 Å². The summed E-state index contributed by atoms with van der Waals surface area (Å²) in [5.41, 5.74) is 3.06. The Kier molecular flexibility index (Phi) is 6.20. The molecule has 2 aliphatic rings. The van der Waals surface area contributed by atoms with Gasteiger partial charge < -0.3 is 15.4 Å². The highest BCUT2D eigenvalue weighted by Crippen LogP contribution is 2.38. The van der Waals surface area contributed by atoms with Crippen molar-refractivity contribution in [3.8, 4) is 0 Å². The second-order valence-electron chi connectivity index (χ2n) is 8.97. The number of fused-ring (bicyclic) bond motifs is 2. The van der Waals surface area contributed by atoms with Crippen molar-refractivity contribution in [3.05, 3.63) is 77.9 Å². The number of sulfone groups is 1. The standard InChI is InChI=1S/C27H25N3O6S/c1-16(31)28-18-10-12-19(13-11-18)37(34,35)25-9-5-7-21-20(25)15-22(29-21)26(32)30-23-8-4-3-6-17(23)14-24(30)27(33)36-2/h3-13,22,24,29H,14-15H2,1-2H3,(H,28,31). The number of benzene rings is 3. The molecule has 3 aromatic rings. The fourth-order valence-electron chi connectivity index (χ4n) is 4.95. The molecule has 2 atom stereocenters. The van der Waals surface area contributed by atoms with Gasteiger partial charge in [-0.25, -0.2) is 13.2 Å².